The first-order valence-corrected chi connectivity index (χ1v) is 52.9. The molecule has 0 saturated heterocycles. The molecule has 1 unspecified atom stereocenters. The van der Waals surface area contributed by atoms with Crippen molar-refractivity contribution in [3.8, 4) is 93.3 Å². The Morgan fingerprint density at radius 3 is 0.831 bits per heavy atom. The molecule has 9 nitrogen and oxygen atoms in total. The van der Waals surface area contributed by atoms with Crippen LogP contribution in [0.3, 0.4) is 0 Å². The summed E-state index contributed by atoms with van der Waals surface area (Å²) in [5.74, 6) is 0.598. The van der Waals surface area contributed by atoms with Gasteiger partial charge < -0.3 is 4.90 Å². The van der Waals surface area contributed by atoms with E-state index < -0.39 is 0 Å². The molecule has 0 N–H and O–H groups in total. The number of thiophene rings is 8. The molecule has 0 saturated carbocycles. The Bertz CT molecular complexity index is 7170. The summed E-state index contributed by atoms with van der Waals surface area (Å²) in [6.45, 7) is 43.6. The smallest absolute Gasteiger partial charge is 0.114 e. The topological polar surface area (TPSA) is 106 Å². The van der Waals surface area contributed by atoms with Crippen LogP contribution in [-0.4, -0.2) is 35.0 Å². The van der Waals surface area contributed by atoms with Crippen molar-refractivity contribution in [2.24, 2.45) is 0 Å². The number of rotatable bonds is 13. The van der Waals surface area contributed by atoms with Gasteiger partial charge in [-0.15, -0.1) is 90.7 Å². The van der Waals surface area contributed by atoms with E-state index in [0.29, 0.717) is 5.92 Å². The molecule has 1 aliphatic rings. The van der Waals surface area contributed by atoms with Crippen LogP contribution >= 0.6 is 138 Å². The van der Waals surface area contributed by atoms with E-state index in [4.69, 9.17) is 8.75 Å². The second-order valence-electron chi connectivity index (χ2n) is 34.2. The minimum atomic E-state index is 0.142. The van der Waals surface area contributed by atoms with Gasteiger partial charge in [-0.3, -0.25) is 0 Å². The van der Waals surface area contributed by atoms with E-state index in [1.165, 1.54) is 265 Å². The third-order valence-electron chi connectivity index (χ3n) is 24.1. The molecule has 1 aliphatic carbocycles. The van der Waals surface area contributed by atoms with Crippen LogP contribution in [0.1, 0.15) is 142 Å². The first kappa shape index (κ1) is 91.5. The molecule has 0 aliphatic heterocycles. The van der Waals surface area contributed by atoms with Gasteiger partial charge in [-0.05, 0) is 294 Å². The fourth-order valence-corrected chi connectivity index (χ4v) is 27.1. The van der Waals surface area contributed by atoms with Crippen molar-refractivity contribution < 1.29 is 0 Å². The van der Waals surface area contributed by atoms with E-state index in [2.05, 4.69) is 400 Å². The van der Waals surface area contributed by atoms with Gasteiger partial charge in [0.2, 0.25) is 0 Å². The van der Waals surface area contributed by atoms with Crippen LogP contribution in [-0.2, 0) is 5.41 Å². The minimum Gasteiger partial charge on any atom is -0.311 e. The highest BCUT2D eigenvalue weighted by atomic mass is 32.2. The fraction of sp³-hybridized carbons (Fsp3) is 0.211. The van der Waals surface area contributed by atoms with Crippen molar-refractivity contribution in [2.45, 2.75) is 156 Å². The number of aromatic nitrogens is 8. The molecule has 0 spiro atoms. The van der Waals surface area contributed by atoms with Gasteiger partial charge in [0.15, 0.2) is 0 Å². The Kier molecular flexibility index (Phi) is 27.6. The van der Waals surface area contributed by atoms with E-state index in [0.717, 1.165) is 44.1 Å². The monoisotopic (exact) mass is 1920 g/mol. The largest absolute Gasteiger partial charge is 0.311 e. The third-order valence-corrected chi connectivity index (χ3v) is 35.6. The standard InChI is InChI=1S/C26H20N2S5.C24H27N.C18H16N2S3.C17H18.C16H12N2S3.C8H8N2S/c1-13-11-21(31-25(13)19-9-5-15(3)29-19)17-7-8-18(24-23(17)27-33-28-24)22-12-14(2)26(32-22)20-10-6-16(4)30-20;1-5-20(4)21-10-16-24(17-11-21)25(22-12-6-18(2)7-13-22)23-14-8-19(3)9-15-23;1-9-7-15(21-11(9)3)13-5-6-14(18-17(13)19-23-20-18)16-8-10(2)12(4)22-16;1-11-5-7-13-14-8-6-12(2)10-16(14)17(3,4)15(13)9-11;1-9-3-7-13(19-9)11-5-6-12(14-8-4-10(2)20-14)16-15(11)17-21-18-16;1-5-3-4-6(2)8-7(5)9-11-10-8/h5-12H,1-4H3;6-17,20H,5H2,1-4H3;5-8H,1-4H3;5-10H,1-4H3;3-8H,1-2H3;3-4H,1-2H3. The molecular weight excluding hydrogens is 1820 g/mol. The summed E-state index contributed by atoms with van der Waals surface area (Å²) in [5, 5.41) is 0. The highest BCUT2D eigenvalue weighted by Gasteiger charge is 2.35. The second-order valence-corrected chi connectivity index (χ2v) is 46.1. The van der Waals surface area contributed by atoms with Crippen molar-refractivity contribution in [1.82, 2.24) is 35.0 Å². The van der Waals surface area contributed by atoms with Gasteiger partial charge in [0.25, 0.3) is 0 Å². The van der Waals surface area contributed by atoms with E-state index in [9.17, 15) is 0 Å². The fourth-order valence-electron chi connectivity index (χ4n) is 16.3. The van der Waals surface area contributed by atoms with Crippen LogP contribution in [0.25, 0.3) is 137 Å². The predicted octanol–water partition coefficient (Wildman–Crippen LogP) is 36.2. The first-order chi connectivity index (χ1) is 62.6. The molecule has 12 heterocycles. The Balaban J connectivity index is 0.000000112. The summed E-state index contributed by atoms with van der Waals surface area (Å²) < 4.78 is 36.1. The zero-order valence-electron chi connectivity index (χ0n) is 76.6. The van der Waals surface area contributed by atoms with Gasteiger partial charge in [-0.25, -0.2) is 0 Å². The molecule has 1 atom stereocenters. The number of nitrogens with zero attached hydrogens (tertiary/aromatic N) is 9. The summed E-state index contributed by atoms with van der Waals surface area (Å²) in [4.78, 5) is 23.4. The third kappa shape index (κ3) is 19.4. The molecule has 0 amide bonds. The molecule has 0 radical (unpaired) electrons. The molecule has 21 aromatic rings. The lowest BCUT2D eigenvalue weighted by Crippen LogP contribution is -2.15. The molecule has 0 fully saturated rings. The lowest BCUT2D eigenvalue weighted by Gasteiger charge is -2.26. The number of hydrogen-bond acceptors (Lipinski definition) is 21. The van der Waals surface area contributed by atoms with Gasteiger partial charge in [0.1, 0.15) is 44.1 Å². The minimum absolute atomic E-state index is 0.142. The summed E-state index contributed by atoms with van der Waals surface area (Å²) in [7, 11) is 0. The number of aryl methyl sites for hydroxylation is 16. The van der Waals surface area contributed by atoms with E-state index >= 15 is 0 Å². The van der Waals surface area contributed by atoms with Crippen molar-refractivity contribution in [3.05, 3.63) is 332 Å². The normalized spacial score (nSPS) is 12.1. The van der Waals surface area contributed by atoms with E-state index in [-0.39, 0.29) is 5.41 Å². The Labute approximate surface area is 812 Å². The zero-order chi connectivity index (χ0) is 91.1. The lowest BCUT2D eigenvalue weighted by atomic mass is 9.81. The molecule has 9 aromatic carbocycles. The summed E-state index contributed by atoms with van der Waals surface area (Å²) in [6, 6.07) is 84.1. The number of anilines is 3. The zero-order valence-corrected chi connectivity index (χ0v) is 86.4. The van der Waals surface area contributed by atoms with Gasteiger partial charge >= 0.3 is 0 Å². The molecule has 22 rings (SSSR count). The lowest BCUT2D eigenvalue weighted by molar-refractivity contribution is 0.659. The van der Waals surface area contributed by atoms with Gasteiger partial charge in [0, 0.05) is 134 Å². The average Bonchev–Trinajstić information content (AvgIpc) is 1.58. The highest BCUT2D eigenvalue weighted by molar-refractivity contribution is 7.25. The van der Waals surface area contributed by atoms with Crippen molar-refractivity contribution in [1.29, 1.82) is 0 Å². The molecule has 12 aromatic heterocycles. The van der Waals surface area contributed by atoms with Crippen LogP contribution in [0, 0.1) is 111 Å². The van der Waals surface area contributed by atoms with Gasteiger partial charge in [-0.2, -0.15) is 35.0 Å². The maximum absolute atomic E-state index is 4.73. The SMILES string of the molecule is CCC(C)c1ccc(N(c2ccc(C)cc2)c2ccc(C)cc2)cc1.Cc1cc(-c2ccc(-c3cc(C)c(C)s3)c3nsnc23)sc1C.Cc1ccc(-c2ccc(-c3ccc(C)s3)c3nsnc23)s1.Cc1ccc(-c2sc(-c3ccc(-c4cc(C)c(-c5ccc(C)s5)s4)c4nsnc34)cc2C)s1.Cc1ccc(C)c2nsnc12.Cc1ccc2c(c1)C(C)(C)c1cc(C)ccc1-2. The highest BCUT2D eigenvalue weighted by Crippen LogP contribution is 2.52. The predicted molar refractivity (Wildman–Crippen MR) is 576 cm³/mol. The molecular formula is C109H101N9S12. The number of benzene rings is 9. The van der Waals surface area contributed by atoms with E-state index in [1.807, 2.05) is 68.0 Å². The number of hydrogen-bond donors (Lipinski definition) is 0. The second kappa shape index (κ2) is 39.2. The first-order valence-electron chi connectivity index (χ1n) is 43.5. The van der Waals surface area contributed by atoms with Crippen LogP contribution in [0.4, 0.5) is 17.1 Å². The Hall–Kier alpha value is -10.3. The summed E-state index contributed by atoms with van der Waals surface area (Å²) >= 11 is 19.9. The van der Waals surface area contributed by atoms with Crippen LogP contribution in [0.2, 0.25) is 0 Å². The average molecular weight is 1920 g/mol. The Morgan fingerprint density at radius 1 is 0.254 bits per heavy atom. The van der Waals surface area contributed by atoms with Crippen LogP contribution < -0.4 is 4.90 Å². The maximum Gasteiger partial charge on any atom is 0.114 e. The Morgan fingerprint density at radius 2 is 0.531 bits per heavy atom. The van der Waals surface area contributed by atoms with Crippen molar-refractivity contribution in [3.63, 3.8) is 0 Å². The summed E-state index contributed by atoms with van der Waals surface area (Å²) in [5.41, 5.74) is 39.2. The molecule has 0 bridgehead atoms. The summed E-state index contributed by atoms with van der Waals surface area (Å²) in [6.07, 6.45) is 1.17. The van der Waals surface area contributed by atoms with Crippen LogP contribution in [0.15, 0.2) is 231 Å². The maximum atomic E-state index is 4.73. The molecule has 21 heteroatoms. The van der Waals surface area contributed by atoms with Crippen molar-refractivity contribution >= 4 is 199 Å². The van der Waals surface area contributed by atoms with Crippen LogP contribution in [0.5, 0.6) is 0 Å². The van der Waals surface area contributed by atoms with Crippen molar-refractivity contribution in [2.75, 3.05) is 4.90 Å². The van der Waals surface area contributed by atoms with Gasteiger partial charge in [-0.1, -0.05) is 171 Å². The molecule has 130 heavy (non-hydrogen) atoms. The van der Waals surface area contributed by atoms with Gasteiger partial charge in [0.05, 0.1) is 46.9 Å². The number of fused-ring (bicyclic) bond motifs is 7. The van der Waals surface area contributed by atoms with E-state index in [1.54, 1.807) is 22.7 Å². The quantitative estimate of drug-likeness (QED) is 0.112. The molecule has 654 valence electrons.